The summed E-state index contributed by atoms with van der Waals surface area (Å²) in [6.07, 6.45) is 1.72. The Morgan fingerprint density at radius 1 is 1.33 bits per heavy atom. The topological polar surface area (TPSA) is 114 Å². The second kappa shape index (κ2) is 7.22. The van der Waals surface area contributed by atoms with Crippen molar-refractivity contribution >= 4 is 11.8 Å². The summed E-state index contributed by atoms with van der Waals surface area (Å²) < 4.78 is 5.12. The van der Waals surface area contributed by atoms with Crippen molar-refractivity contribution in [2.75, 3.05) is 13.1 Å². The Hall–Kier alpha value is -2.74. The van der Waals surface area contributed by atoms with Crippen molar-refractivity contribution in [3.63, 3.8) is 0 Å². The number of nitrogens with one attached hydrogen (secondary N) is 1. The van der Waals surface area contributed by atoms with Crippen LogP contribution in [0.3, 0.4) is 0 Å². The van der Waals surface area contributed by atoms with Gasteiger partial charge in [0.05, 0.1) is 12.6 Å². The first kappa shape index (κ1) is 16.1. The van der Waals surface area contributed by atoms with E-state index in [0.717, 1.165) is 24.9 Å². The average Bonchev–Trinajstić information content (AvgIpc) is 3.22. The second-order valence-electron chi connectivity index (χ2n) is 5.71. The van der Waals surface area contributed by atoms with E-state index < -0.39 is 5.91 Å². The van der Waals surface area contributed by atoms with Gasteiger partial charge in [-0.05, 0) is 24.9 Å². The van der Waals surface area contributed by atoms with Gasteiger partial charge in [0.1, 0.15) is 0 Å². The Morgan fingerprint density at radius 3 is 2.83 bits per heavy atom. The summed E-state index contributed by atoms with van der Waals surface area (Å²) in [5, 5.41) is 6.46. The van der Waals surface area contributed by atoms with E-state index in [9.17, 15) is 9.59 Å². The van der Waals surface area contributed by atoms with Gasteiger partial charge in [0, 0.05) is 6.54 Å². The van der Waals surface area contributed by atoms with Gasteiger partial charge in [-0.3, -0.25) is 14.5 Å². The lowest BCUT2D eigenvalue weighted by molar-refractivity contribution is -0.122. The van der Waals surface area contributed by atoms with Crippen LogP contribution in [0, 0.1) is 0 Å². The van der Waals surface area contributed by atoms with E-state index in [1.54, 1.807) is 0 Å². The molecule has 8 heteroatoms. The molecule has 1 aromatic heterocycles. The number of nitrogens with two attached hydrogens (primary N) is 1. The van der Waals surface area contributed by atoms with Gasteiger partial charge in [-0.1, -0.05) is 35.5 Å². The molecule has 1 saturated heterocycles. The predicted octanol–water partition coefficient (Wildman–Crippen LogP) is 0.622. The van der Waals surface area contributed by atoms with Gasteiger partial charge in [0.2, 0.25) is 11.8 Å². The summed E-state index contributed by atoms with van der Waals surface area (Å²) in [5.74, 6) is -0.599. The van der Waals surface area contributed by atoms with Crippen LogP contribution in [-0.2, 0) is 11.3 Å². The number of aromatic nitrogens is 2. The molecule has 0 radical (unpaired) electrons. The number of benzene rings is 1. The van der Waals surface area contributed by atoms with Gasteiger partial charge in [0.25, 0.3) is 11.7 Å². The maximum absolute atomic E-state index is 12.2. The number of likely N-dealkylation sites (tertiary alicyclic amines) is 1. The van der Waals surface area contributed by atoms with Gasteiger partial charge < -0.3 is 15.6 Å². The number of amides is 2. The predicted molar refractivity (Wildman–Crippen MR) is 84.7 cm³/mol. The van der Waals surface area contributed by atoms with E-state index in [0.29, 0.717) is 12.4 Å². The first-order valence-corrected chi connectivity index (χ1v) is 7.81. The number of hydrogen-bond acceptors (Lipinski definition) is 6. The standard InChI is InChI=1S/C16H19N5O3/c17-14(23)15-19-16(24-20-15)12-7-4-8-21(12)10-13(22)18-9-11-5-2-1-3-6-11/h1-3,5-6,12H,4,7-10H2,(H2,17,23)(H,18,22)/t12-/m1/s1. The first-order valence-electron chi connectivity index (χ1n) is 7.81. The number of rotatable bonds is 6. The van der Waals surface area contributed by atoms with Gasteiger partial charge >= 0.3 is 0 Å². The summed E-state index contributed by atoms with van der Waals surface area (Å²) in [6.45, 7) is 1.49. The fraction of sp³-hybridized carbons (Fsp3) is 0.375. The lowest BCUT2D eigenvalue weighted by Crippen LogP contribution is -2.36. The molecule has 8 nitrogen and oxygen atoms in total. The normalized spacial score (nSPS) is 17.8. The Labute approximate surface area is 139 Å². The highest BCUT2D eigenvalue weighted by Crippen LogP contribution is 2.30. The molecule has 3 N–H and O–H groups in total. The summed E-state index contributed by atoms with van der Waals surface area (Å²) in [7, 11) is 0. The van der Waals surface area contributed by atoms with Crippen LogP contribution < -0.4 is 11.1 Å². The molecule has 1 atom stereocenters. The molecule has 2 aromatic rings. The van der Waals surface area contributed by atoms with Crippen molar-refractivity contribution in [2.24, 2.45) is 5.73 Å². The molecule has 126 valence electrons. The molecular formula is C16H19N5O3. The Kier molecular flexibility index (Phi) is 4.85. The fourth-order valence-electron chi connectivity index (χ4n) is 2.80. The van der Waals surface area contributed by atoms with Gasteiger partial charge in [0.15, 0.2) is 0 Å². The zero-order valence-electron chi connectivity index (χ0n) is 13.1. The Balaban J connectivity index is 1.57. The third-order valence-corrected chi connectivity index (χ3v) is 3.99. The zero-order chi connectivity index (χ0) is 16.9. The fourth-order valence-corrected chi connectivity index (χ4v) is 2.80. The van der Waals surface area contributed by atoms with Crippen LogP contribution in [0.25, 0.3) is 0 Å². The quantitative estimate of drug-likeness (QED) is 0.803. The van der Waals surface area contributed by atoms with Crippen molar-refractivity contribution in [1.29, 1.82) is 0 Å². The third-order valence-electron chi connectivity index (χ3n) is 3.99. The van der Waals surface area contributed by atoms with Gasteiger partial charge in [-0.2, -0.15) is 4.98 Å². The summed E-state index contributed by atoms with van der Waals surface area (Å²) in [5.41, 5.74) is 6.18. The molecule has 1 aliphatic rings. The van der Waals surface area contributed by atoms with Crippen molar-refractivity contribution in [3.8, 4) is 0 Å². The number of nitrogens with zero attached hydrogens (tertiary/aromatic N) is 3. The van der Waals surface area contributed by atoms with Crippen LogP contribution >= 0.6 is 0 Å². The Bertz CT molecular complexity index is 716. The molecule has 1 fully saturated rings. The van der Waals surface area contributed by atoms with E-state index >= 15 is 0 Å². The van der Waals surface area contributed by atoms with Crippen LogP contribution in [0.15, 0.2) is 34.9 Å². The van der Waals surface area contributed by atoms with E-state index in [2.05, 4.69) is 15.5 Å². The van der Waals surface area contributed by atoms with Crippen molar-refractivity contribution < 1.29 is 14.1 Å². The Morgan fingerprint density at radius 2 is 2.12 bits per heavy atom. The zero-order valence-corrected chi connectivity index (χ0v) is 13.1. The van der Waals surface area contributed by atoms with Crippen molar-refractivity contribution in [3.05, 3.63) is 47.6 Å². The van der Waals surface area contributed by atoms with E-state index in [1.807, 2.05) is 35.2 Å². The summed E-state index contributed by atoms with van der Waals surface area (Å²) in [4.78, 5) is 29.2. The van der Waals surface area contributed by atoms with Gasteiger partial charge in [-0.25, -0.2) is 0 Å². The number of carbonyl (C=O) groups is 2. The lowest BCUT2D eigenvalue weighted by atomic mass is 10.2. The highest BCUT2D eigenvalue weighted by molar-refractivity contribution is 5.88. The minimum absolute atomic E-state index is 0.0691. The van der Waals surface area contributed by atoms with Crippen LogP contribution in [0.1, 0.15) is 41.0 Å². The number of hydrogen-bond donors (Lipinski definition) is 2. The largest absolute Gasteiger partial charge is 0.363 e. The van der Waals surface area contributed by atoms with Crippen LogP contribution in [0.5, 0.6) is 0 Å². The van der Waals surface area contributed by atoms with Gasteiger partial charge in [-0.15, -0.1) is 0 Å². The second-order valence-corrected chi connectivity index (χ2v) is 5.71. The SMILES string of the molecule is NC(=O)c1noc([C@H]2CCCN2CC(=O)NCc2ccccc2)n1. The van der Waals surface area contributed by atoms with Crippen LogP contribution in [0.2, 0.25) is 0 Å². The molecule has 0 aliphatic carbocycles. The monoisotopic (exact) mass is 329 g/mol. The number of primary amides is 1. The summed E-state index contributed by atoms with van der Waals surface area (Å²) >= 11 is 0. The molecule has 2 heterocycles. The molecule has 0 spiro atoms. The lowest BCUT2D eigenvalue weighted by Gasteiger charge is -2.20. The average molecular weight is 329 g/mol. The minimum atomic E-state index is -0.727. The maximum Gasteiger partial charge on any atom is 0.290 e. The molecule has 24 heavy (non-hydrogen) atoms. The molecule has 3 rings (SSSR count). The molecule has 1 aliphatic heterocycles. The van der Waals surface area contributed by atoms with Crippen LogP contribution in [-0.4, -0.2) is 39.9 Å². The first-order chi connectivity index (χ1) is 11.6. The highest BCUT2D eigenvalue weighted by Gasteiger charge is 2.32. The highest BCUT2D eigenvalue weighted by atomic mass is 16.5. The van der Waals surface area contributed by atoms with Crippen molar-refractivity contribution in [1.82, 2.24) is 20.4 Å². The molecule has 2 amide bonds. The molecule has 1 aromatic carbocycles. The van der Waals surface area contributed by atoms with E-state index in [1.165, 1.54) is 0 Å². The molecule has 0 unspecified atom stereocenters. The van der Waals surface area contributed by atoms with E-state index in [4.69, 9.17) is 10.3 Å². The molecule has 0 bridgehead atoms. The minimum Gasteiger partial charge on any atom is -0.363 e. The molecule has 0 saturated carbocycles. The smallest absolute Gasteiger partial charge is 0.290 e. The van der Waals surface area contributed by atoms with Crippen molar-refractivity contribution in [2.45, 2.75) is 25.4 Å². The summed E-state index contributed by atoms with van der Waals surface area (Å²) in [6, 6.07) is 9.57. The molecular weight excluding hydrogens is 310 g/mol. The van der Waals surface area contributed by atoms with Crippen LogP contribution in [0.4, 0.5) is 0 Å². The maximum atomic E-state index is 12.2. The number of carbonyl (C=O) groups excluding carboxylic acids is 2. The van der Waals surface area contributed by atoms with E-state index in [-0.39, 0.29) is 24.3 Å². The third kappa shape index (κ3) is 3.77.